The van der Waals surface area contributed by atoms with E-state index in [-0.39, 0.29) is 0 Å². The first kappa shape index (κ1) is 8.06. The van der Waals surface area contributed by atoms with Crippen LogP contribution in [0, 0.1) is 17.4 Å². The fourth-order valence-corrected chi connectivity index (χ4v) is 1.44. The van der Waals surface area contributed by atoms with E-state index >= 15 is 0 Å². The van der Waals surface area contributed by atoms with Gasteiger partial charge in [0.1, 0.15) is 5.84 Å². The van der Waals surface area contributed by atoms with Crippen LogP contribution in [0.4, 0.5) is 0 Å². The van der Waals surface area contributed by atoms with Crippen LogP contribution < -0.4 is 5.32 Å². The minimum absolute atomic E-state index is 0.701. The standard InChI is InChI=1S/C8H13N3/c1-2-3-7-4-8(10-5-7)11-6-9/h7H,2-5H2,1H3,(H,10,11). The maximum Gasteiger partial charge on any atom is 0.207 e. The Labute approximate surface area is 67.1 Å². The van der Waals surface area contributed by atoms with E-state index in [2.05, 4.69) is 17.2 Å². The van der Waals surface area contributed by atoms with Gasteiger partial charge in [0.05, 0.1) is 0 Å². The molecule has 1 aliphatic heterocycles. The number of hydrogen-bond donors (Lipinski definition) is 1. The number of amidine groups is 1. The van der Waals surface area contributed by atoms with Crippen LogP contribution in [0.2, 0.25) is 0 Å². The Bertz CT molecular complexity index is 190. The maximum atomic E-state index is 8.27. The first-order valence-corrected chi connectivity index (χ1v) is 4.06. The topological polar surface area (TPSA) is 48.2 Å². The molecular weight excluding hydrogens is 138 g/mol. The molecule has 3 heteroatoms. The van der Waals surface area contributed by atoms with Gasteiger partial charge in [-0.1, -0.05) is 13.3 Å². The van der Waals surface area contributed by atoms with E-state index in [1.807, 2.05) is 0 Å². The zero-order valence-electron chi connectivity index (χ0n) is 6.80. The van der Waals surface area contributed by atoms with Gasteiger partial charge in [-0.25, -0.2) is 0 Å². The van der Waals surface area contributed by atoms with Crippen LogP contribution in [0.5, 0.6) is 0 Å². The second kappa shape index (κ2) is 3.97. The minimum Gasteiger partial charge on any atom is -0.373 e. The summed E-state index contributed by atoms with van der Waals surface area (Å²) in [6.07, 6.45) is 5.21. The summed E-state index contributed by atoms with van der Waals surface area (Å²) in [4.78, 5) is 3.67. The van der Waals surface area contributed by atoms with Gasteiger partial charge in [0.15, 0.2) is 0 Å². The smallest absolute Gasteiger partial charge is 0.207 e. The molecule has 1 fully saturated rings. The van der Waals surface area contributed by atoms with Gasteiger partial charge in [0.25, 0.3) is 0 Å². The van der Waals surface area contributed by atoms with Crippen molar-refractivity contribution in [1.82, 2.24) is 5.32 Å². The Kier molecular flexibility index (Phi) is 2.91. The van der Waals surface area contributed by atoms with Gasteiger partial charge in [-0.2, -0.15) is 10.3 Å². The van der Waals surface area contributed by atoms with Crippen LogP contribution in [0.1, 0.15) is 26.2 Å². The number of nitrogens with one attached hydrogen (secondary N) is 1. The van der Waals surface area contributed by atoms with Crippen LogP contribution in [-0.4, -0.2) is 12.4 Å². The van der Waals surface area contributed by atoms with Crippen LogP contribution in [0.3, 0.4) is 0 Å². The normalized spacial score (nSPS) is 26.5. The summed E-state index contributed by atoms with van der Waals surface area (Å²) in [6, 6.07) is 0. The van der Waals surface area contributed by atoms with Crippen molar-refractivity contribution >= 4 is 5.84 Å². The summed E-state index contributed by atoms with van der Waals surface area (Å²) < 4.78 is 0. The largest absolute Gasteiger partial charge is 0.373 e. The molecule has 0 radical (unpaired) electrons. The fourth-order valence-electron chi connectivity index (χ4n) is 1.44. The monoisotopic (exact) mass is 151 g/mol. The van der Waals surface area contributed by atoms with Crippen molar-refractivity contribution < 1.29 is 0 Å². The van der Waals surface area contributed by atoms with Gasteiger partial charge in [-0.15, -0.1) is 0 Å². The first-order chi connectivity index (χ1) is 5.36. The average molecular weight is 151 g/mol. The van der Waals surface area contributed by atoms with E-state index < -0.39 is 0 Å². The quantitative estimate of drug-likeness (QED) is 0.604. The zero-order valence-corrected chi connectivity index (χ0v) is 6.80. The molecule has 3 nitrogen and oxygen atoms in total. The maximum absolute atomic E-state index is 8.27. The molecule has 1 N–H and O–H groups in total. The number of nitrogens with zero attached hydrogens (tertiary/aromatic N) is 2. The molecule has 0 aromatic heterocycles. The third-order valence-corrected chi connectivity index (χ3v) is 1.96. The molecule has 1 heterocycles. The summed E-state index contributed by atoms with van der Waals surface area (Å²) in [5.41, 5.74) is 0. The van der Waals surface area contributed by atoms with E-state index in [9.17, 15) is 0 Å². The van der Waals surface area contributed by atoms with Gasteiger partial charge in [-0.3, -0.25) is 0 Å². The average Bonchev–Trinajstić information content (AvgIpc) is 2.38. The van der Waals surface area contributed by atoms with E-state index in [4.69, 9.17) is 5.26 Å². The van der Waals surface area contributed by atoms with E-state index in [1.165, 1.54) is 12.8 Å². The molecule has 60 valence electrons. The lowest BCUT2D eigenvalue weighted by Gasteiger charge is -2.01. The van der Waals surface area contributed by atoms with Crippen molar-refractivity contribution in [3.05, 3.63) is 0 Å². The molecule has 1 atom stereocenters. The summed E-state index contributed by atoms with van der Waals surface area (Å²) in [7, 11) is 0. The van der Waals surface area contributed by atoms with Gasteiger partial charge >= 0.3 is 0 Å². The van der Waals surface area contributed by atoms with Gasteiger partial charge in [-0.05, 0) is 12.3 Å². The Hall–Kier alpha value is -1.04. The zero-order chi connectivity index (χ0) is 8.10. The lowest BCUT2D eigenvalue weighted by atomic mass is 10.0. The van der Waals surface area contributed by atoms with E-state index in [1.54, 1.807) is 6.19 Å². The molecule has 0 bridgehead atoms. The van der Waals surface area contributed by atoms with Gasteiger partial charge < -0.3 is 5.32 Å². The number of aliphatic imine (C=N–C) groups is 1. The van der Waals surface area contributed by atoms with Gasteiger partial charge in [0, 0.05) is 13.0 Å². The fraction of sp³-hybridized carbons (Fsp3) is 0.750. The second-order valence-electron chi connectivity index (χ2n) is 2.90. The molecule has 1 unspecified atom stereocenters. The lowest BCUT2D eigenvalue weighted by Crippen LogP contribution is -2.14. The third kappa shape index (κ3) is 2.23. The molecule has 0 amide bonds. The number of nitriles is 1. The van der Waals surface area contributed by atoms with Crippen molar-refractivity contribution in [3.8, 4) is 6.19 Å². The first-order valence-electron chi connectivity index (χ1n) is 4.06. The highest BCUT2D eigenvalue weighted by Gasteiger charge is 2.18. The molecular formula is C8H13N3. The summed E-state index contributed by atoms with van der Waals surface area (Å²) in [5, 5.41) is 11.4. The van der Waals surface area contributed by atoms with Crippen molar-refractivity contribution in [2.75, 3.05) is 6.54 Å². The Balaban J connectivity index is 2.36. The van der Waals surface area contributed by atoms with E-state index in [0.29, 0.717) is 5.92 Å². The Morgan fingerprint density at radius 3 is 3.27 bits per heavy atom. The number of hydrogen-bond acceptors (Lipinski definition) is 2. The van der Waals surface area contributed by atoms with Crippen molar-refractivity contribution in [2.45, 2.75) is 26.2 Å². The Morgan fingerprint density at radius 2 is 2.64 bits per heavy atom. The Morgan fingerprint density at radius 1 is 1.82 bits per heavy atom. The van der Waals surface area contributed by atoms with Crippen LogP contribution in [0.15, 0.2) is 4.99 Å². The predicted octanol–water partition coefficient (Wildman–Crippen LogP) is 1.28. The van der Waals surface area contributed by atoms with Crippen molar-refractivity contribution in [1.29, 1.82) is 5.26 Å². The van der Waals surface area contributed by atoms with Crippen LogP contribution >= 0.6 is 0 Å². The SMILES string of the molecule is CCCC1CNC(=NC#N)C1. The molecule has 1 saturated heterocycles. The molecule has 0 aliphatic carbocycles. The molecule has 1 rings (SSSR count). The molecule has 0 aromatic rings. The minimum atomic E-state index is 0.701. The lowest BCUT2D eigenvalue weighted by molar-refractivity contribution is 0.530. The predicted molar refractivity (Wildman–Crippen MR) is 44.1 cm³/mol. The van der Waals surface area contributed by atoms with E-state index in [0.717, 1.165) is 18.8 Å². The summed E-state index contributed by atoms with van der Waals surface area (Å²) >= 11 is 0. The highest BCUT2D eigenvalue weighted by atomic mass is 15.0. The molecule has 11 heavy (non-hydrogen) atoms. The molecule has 1 aliphatic rings. The molecule has 0 saturated carbocycles. The second-order valence-corrected chi connectivity index (χ2v) is 2.90. The van der Waals surface area contributed by atoms with Crippen LogP contribution in [0.25, 0.3) is 0 Å². The number of rotatable bonds is 2. The summed E-state index contributed by atoms with van der Waals surface area (Å²) in [5.74, 6) is 1.57. The highest BCUT2D eigenvalue weighted by molar-refractivity contribution is 5.85. The van der Waals surface area contributed by atoms with Crippen molar-refractivity contribution in [2.24, 2.45) is 10.9 Å². The third-order valence-electron chi connectivity index (χ3n) is 1.96. The molecule has 0 spiro atoms. The summed E-state index contributed by atoms with van der Waals surface area (Å²) in [6.45, 7) is 3.17. The van der Waals surface area contributed by atoms with Crippen LogP contribution in [-0.2, 0) is 0 Å². The van der Waals surface area contributed by atoms with Gasteiger partial charge in [0.2, 0.25) is 6.19 Å². The molecule has 0 aromatic carbocycles. The van der Waals surface area contributed by atoms with Crippen molar-refractivity contribution in [3.63, 3.8) is 0 Å². The highest BCUT2D eigenvalue weighted by Crippen LogP contribution is 2.15.